The van der Waals surface area contributed by atoms with Gasteiger partial charge in [-0.15, -0.1) is 0 Å². The van der Waals surface area contributed by atoms with Crippen LogP contribution in [0.4, 0.5) is 5.69 Å². The van der Waals surface area contributed by atoms with Crippen LogP contribution in [-0.4, -0.2) is 21.2 Å². The Morgan fingerprint density at radius 2 is 2.19 bits per heavy atom. The number of rotatable bonds is 2. The number of carbonyl (C=O) groups is 1. The molecule has 82 valence electrons. The van der Waals surface area contributed by atoms with Crippen molar-refractivity contribution in [1.29, 1.82) is 0 Å². The van der Waals surface area contributed by atoms with Gasteiger partial charge < -0.3 is 10.4 Å². The normalized spacial score (nSPS) is 10.1. The monoisotopic (exact) mass is 237 g/mol. The van der Waals surface area contributed by atoms with Crippen LogP contribution in [0.5, 0.6) is 5.75 Å². The SMILES string of the molecule is O=C(Nc1ccccc1O)c1[nH]ncc1Cl. The number of H-pyrrole nitrogens is 1. The highest BCUT2D eigenvalue weighted by molar-refractivity contribution is 6.34. The number of nitrogens with zero attached hydrogens (tertiary/aromatic N) is 1. The number of hydrogen-bond donors (Lipinski definition) is 3. The van der Waals surface area contributed by atoms with Crippen LogP contribution in [0.1, 0.15) is 10.5 Å². The zero-order chi connectivity index (χ0) is 11.5. The number of benzene rings is 1. The maximum atomic E-state index is 11.7. The number of amides is 1. The number of aromatic hydroxyl groups is 1. The summed E-state index contributed by atoms with van der Waals surface area (Å²) in [5.41, 5.74) is 0.475. The first-order valence-corrected chi connectivity index (χ1v) is 4.84. The molecule has 0 aliphatic carbocycles. The fraction of sp³-hybridized carbons (Fsp3) is 0. The van der Waals surface area contributed by atoms with E-state index in [4.69, 9.17) is 11.6 Å². The highest BCUT2D eigenvalue weighted by Crippen LogP contribution is 2.22. The van der Waals surface area contributed by atoms with Crippen LogP contribution in [0.3, 0.4) is 0 Å². The fourth-order valence-electron chi connectivity index (χ4n) is 1.19. The third kappa shape index (κ3) is 1.99. The topological polar surface area (TPSA) is 78.0 Å². The van der Waals surface area contributed by atoms with Crippen LogP contribution in [0, 0.1) is 0 Å². The predicted molar refractivity (Wildman–Crippen MR) is 59.7 cm³/mol. The first kappa shape index (κ1) is 10.5. The Kier molecular flexibility index (Phi) is 2.78. The number of hydrogen-bond acceptors (Lipinski definition) is 3. The highest BCUT2D eigenvalue weighted by Gasteiger charge is 2.13. The van der Waals surface area contributed by atoms with E-state index < -0.39 is 5.91 Å². The van der Waals surface area contributed by atoms with Crippen molar-refractivity contribution in [2.24, 2.45) is 0 Å². The molecule has 0 spiro atoms. The molecule has 0 atom stereocenters. The lowest BCUT2D eigenvalue weighted by molar-refractivity contribution is 0.102. The van der Waals surface area contributed by atoms with Crippen LogP contribution in [-0.2, 0) is 0 Å². The summed E-state index contributed by atoms with van der Waals surface area (Å²) in [5.74, 6) is -0.463. The Morgan fingerprint density at radius 3 is 2.81 bits per heavy atom. The lowest BCUT2D eigenvalue weighted by Crippen LogP contribution is -2.12. The average Bonchev–Trinajstić information content (AvgIpc) is 2.68. The second kappa shape index (κ2) is 4.24. The number of anilines is 1. The molecule has 5 nitrogen and oxygen atoms in total. The number of halogens is 1. The van der Waals surface area contributed by atoms with Gasteiger partial charge in [0.25, 0.3) is 5.91 Å². The number of para-hydroxylation sites is 2. The first-order valence-electron chi connectivity index (χ1n) is 4.46. The van der Waals surface area contributed by atoms with Crippen molar-refractivity contribution in [3.8, 4) is 5.75 Å². The molecule has 1 heterocycles. The molecule has 0 unspecified atom stereocenters. The fourth-order valence-corrected chi connectivity index (χ4v) is 1.37. The van der Waals surface area contributed by atoms with Gasteiger partial charge in [0.05, 0.1) is 16.9 Å². The van der Waals surface area contributed by atoms with Crippen LogP contribution in [0.2, 0.25) is 5.02 Å². The molecule has 0 saturated heterocycles. The van der Waals surface area contributed by atoms with Gasteiger partial charge in [-0.2, -0.15) is 5.10 Å². The zero-order valence-electron chi connectivity index (χ0n) is 8.07. The second-order valence-electron chi connectivity index (χ2n) is 3.06. The molecule has 16 heavy (non-hydrogen) atoms. The number of aromatic nitrogens is 2. The van der Waals surface area contributed by atoms with Crippen LogP contribution >= 0.6 is 11.6 Å². The van der Waals surface area contributed by atoms with Crippen LogP contribution in [0.15, 0.2) is 30.5 Å². The van der Waals surface area contributed by atoms with E-state index >= 15 is 0 Å². The Hall–Kier alpha value is -2.01. The summed E-state index contributed by atoms with van der Waals surface area (Å²) >= 11 is 5.72. The largest absolute Gasteiger partial charge is 0.506 e. The van der Waals surface area contributed by atoms with Gasteiger partial charge in [0.1, 0.15) is 11.4 Å². The van der Waals surface area contributed by atoms with E-state index in [1.807, 2.05) is 0 Å². The quantitative estimate of drug-likeness (QED) is 0.700. The average molecular weight is 238 g/mol. The molecule has 6 heteroatoms. The second-order valence-corrected chi connectivity index (χ2v) is 3.47. The number of nitrogens with one attached hydrogen (secondary N) is 2. The van der Waals surface area contributed by atoms with Crippen molar-refractivity contribution in [3.63, 3.8) is 0 Å². The van der Waals surface area contributed by atoms with Gasteiger partial charge in [-0.05, 0) is 12.1 Å². The molecule has 0 aliphatic heterocycles. The van der Waals surface area contributed by atoms with Crippen molar-refractivity contribution < 1.29 is 9.90 Å². The maximum absolute atomic E-state index is 11.7. The van der Waals surface area contributed by atoms with Crippen molar-refractivity contribution in [3.05, 3.63) is 41.2 Å². The minimum absolute atomic E-state index is 0.00788. The van der Waals surface area contributed by atoms with Gasteiger partial charge in [0, 0.05) is 0 Å². The van der Waals surface area contributed by atoms with E-state index in [2.05, 4.69) is 15.5 Å². The van der Waals surface area contributed by atoms with E-state index in [1.165, 1.54) is 12.3 Å². The third-order valence-electron chi connectivity index (χ3n) is 1.97. The Morgan fingerprint density at radius 1 is 1.44 bits per heavy atom. The molecular formula is C10H8ClN3O2. The van der Waals surface area contributed by atoms with E-state index in [1.54, 1.807) is 18.2 Å². The van der Waals surface area contributed by atoms with E-state index in [-0.39, 0.29) is 16.5 Å². The minimum atomic E-state index is -0.455. The highest BCUT2D eigenvalue weighted by atomic mass is 35.5. The summed E-state index contributed by atoms with van der Waals surface area (Å²) in [6, 6.07) is 6.42. The first-order chi connectivity index (χ1) is 7.68. The van der Waals surface area contributed by atoms with Crippen molar-refractivity contribution >= 4 is 23.2 Å². The summed E-state index contributed by atoms with van der Waals surface area (Å²) in [6.45, 7) is 0. The molecular weight excluding hydrogens is 230 g/mol. The zero-order valence-corrected chi connectivity index (χ0v) is 8.82. The standard InChI is InChI=1S/C10H8ClN3O2/c11-6-5-12-14-9(6)10(16)13-7-3-1-2-4-8(7)15/h1-5,15H,(H,12,14)(H,13,16). The summed E-state index contributed by atoms with van der Waals surface area (Å²) in [7, 11) is 0. The smallest absolute Gasteiger partial charge is 0.275 e. The minimum Gasteiger partial charge on any atom is -0.506 e. The van der Waals surface area contributed by atoms with Crippen LogP contribution in [0.25, 0.3) is 0 Å². The summed E-state index contributed by atoms with van der Waals surface area (Å²) in [4.78, 5) is 11.7. The summed E-state index contributed by atoms with van der Waals surface area (Å²) in [5, 5.41) is 18.3. The lowest BCUT2D eigenvalue weighted by Gasteiger charge is -2.05. The van der Waals surface area contributed by atoms with E-state index in [0.29, 0.717) is 5.69 Å². The van der Waals surface area contributed by atoms with Gasteiger partial charge in [-0.1, -0.05) is 23.7 Å². The van der Waals surface area contributed by atoms with Crippen molar-refractivity contribution in [2.75, 3.05) is 5.32 Å². The molecule has 0 fully saturated rings. The Bertz CT molecular complexity index is 524. The number of aromatic amines is 1. The van der Waals surface area contributed by atoms with Crippen molar-refractivity contribution in [1.82, 2.24) is 10.2 Å². The number of phenols is 1. The van der Waals surface area contributed by atoms with Gasteiger partial charge in [0.2, 0.25) is 0 Å². The predicted octanol–water partition coefficient (Wildman–Crippen LogP) is 2.02. The van der Waals surface area contributed by atoms with Gasteiger partial charge in [-0.25, -0.2) is 0 Å². The van der Waals surface area contributed by atoms with E-state index in [0.717, 1.165) is 0 Å². The molecule has 3 N–H and O–H groups in total. The lowest BCUT2D eigenvalue weighted by atomic mass is 10.3. The van der Waals surface area contributed by atoms with E-state index in [9.17, 15) is 9.90 Å². The summed E-state index contributed by atoms with van der Waals surface area (Å²) < 4.78 is 0. The molecule has 1 amide bonds. The molecule has 2 rings (SSSR count). The van der Waals surface area contributed by atoms with Gasteiger partial charge in [0.15, 0.2) is 0 Å². The molecule has 0 aliphatic rings. The third-order valence-corrected chi connectivity index (χ3v) is 2.26. The van der Waals surface area contributed by atoms with Gasteiger partial charge in [-0.3, -0.25) is 9.89 Å². The Labute approximate surface area is 96.1 Å². The Balaban J connectivity index is 2.21. The van der Waals surface area contributed by atoms with Crippen molar-refractivity contribution in [2.45, 2.75) is 0 Å². The number of phenolic OH excluding ortho intramolecular Hbond substituents is 1. The molecule has 0 bridgehead atoms. The molecule has 0 saturated carbocycles. The van der Waals surface area contributed by atoms with Crippen LogP contribution < -0.4 is 5.32 Å². The maximum Gasteiger partial charge on any atom is 0.275 e. The molecule has 2 aromatic rings. The molecule has 1 aromatic heterocycles. The number of carbonyl (C=O) groups excluding carboxylic acids is 1. The summed E-state index contributed by atoms with van der Waals surface area (Å²) in [6.07, 6.45) is 1.33. The molecule has 1 aromatic carbocycles. The van der Waals surface area contributed by atoms with Gasteiger partial charge >= 0.3 is 0 Å². The molecule has 0 radical (unpaired) electrons.